The molecule has 0 spiro atoms. The third-order valence-electron chi connectivity index (χ3n) is 3.11. The summed E-state index contributed by atoms with van der Waals surface area (Å²) in [6, 6.07) is 1.42. The van der Waals surface area contributed by atoms with Gasteiger partial charge in [-0.05, 0) is 12.8 Å². The Balaban J connectivity index is 2.41. The van der Waals surface area contributed by atoms with Gasteiger partial charge in [0, 0.05) is 18.2 Å². The first-order chi connectivity index (χ1) is 7.97. The van der Waals surface area contributed by atoms with Crippen molar-refractivity contribution in [2.24, 2.45) is 0 Å². The first-order valence-electron chi connectivity index (χ1n) is 5.78. The molecule has 0 atom stereocenters. The maximum Gasteiger partial charge on any atom is 0.251 e. The van der Waals surface area contributed by atoms with Crippen LogP contribution in [0.5, 0.6) is 0 Å². The lowest BCUT2D eigenvalue weighted by atomic mass is 9.87. The number of nitrogens with zero attached hydrogens (tertiary/aromatic N) is 1. The van der Waals surface area contributed by atoms with E-state index in [1.54, 1.807) is 0 Å². The zero-order chi connectivity index (χ0) is 12.5. The van der Waals surface area contributed by atoms with Crippen molar-refractivity contribution in [3.63, 3.8) is 0 Å². The fourth-order valence-corrected chi connectivity index (χ4v) is 2.79. The Labute approximate surface area is 100 Å². The number of hydrogen-bond donors (Lipinski definition) is 1. The molecule has 1 aromatic heterocycles. The van der Waals surface area contributed by atoms with Crippen LogP contribution < -0.4 is 5.56 Å². The zero-order valence-corrected chi connectivity index (χ0v) is 10.6. The molecule has 1 aromatic rings. The Morgan fingerprint density at radius 1 is 1.29 bits per heavy atom. The van der Waals surface area contributed by atoms with E-state index in [0.717, 1.165) is 31.9 Å². The van der Waals surface area contributed by atoms with Gasteiger partial charge in [0.2, 0.25) is 15.0 Å². The van der Waals surface area contributed by atoms with Gasteiger partial charge < -0.3 is 0 Å². The molecule has 1 aliphatic carbocycles. The highest BCUT2D eigenvalue weighted by Crippen LogP contribution is 2.30. The van der Waals surface area contributed by atoms with Crippen LogP contribution in [0, 0.1) is 0 Å². The molecule has 94 valence electrons. The normalized spacial score (nSPS) is 18.2. The largest absolute Gasteiger partial charge is 0.297 e. The van der Waals surface area contributed by atoms with E-state index >= 15 is 0 Å². The van der Waals surface area contributed by atoms with Gasteiger partial charge in [-0.2, -0.15) is 0 Å². The second-order valence-electron chi connectivity index (χ2n) is 4.58. The summed E-state index contributed by atoms with van der Waals surface area (Å²) < 4.78 is 22.8. The van der Waals surface area contributed by atoms with Crippen LogP contribution in [-0.2, 0) is 9.84 Å². The highest BCUT2D eigenvalue weighted by molar-refractivity contribution is 7.90. The van der Waals surface area contributed by atoms with Gasteiger partial charge >= 0.3 is 0 Å². The van der Waals surface area contributed by atoms with Crippen LogP contribution >= 0.6 is 0 Å². The molecule has 0 amide bonds. The summed E-state index contributed by atoms with van der Waals surface area (Å²) in [5.74, 6) is 0.228. The van der Waals surface area contributed by atoms with E-state index in [0.29, 0.717) is 5.69 Å². The number of sulfone groups is 1. The Morgan fingerprint density at radius 3 is 2.53 bits per heavy atom. The standard InChI is InChI=1S/C11H16N2O3S/c1-17(15,16)11-12-9(7-10(14)13-11)8-5-3-2-4-6-8/h7-8H,2-6H2,1H3,(H,12,13,14). The predicted octanol–water partition coefficient (Wildman–Crippen LogP) is 1.22. The molecule has 17 heavy (non-hydrogen) atoms. The minimum Gasteiger partial charge on any atom is -0.297 e. The van der Waals surface area contributed by atoms with Gasteiger partial charge in [0.15, 0.2) is 0 Å². The van der Waals surface area contributed by atoms with Crippen molar-refractivity contribution in [2.45, 2.75) is 43.2 Å². The first kappa shape index (κ1) is 12.3. The summed E-state index contributed by atoms with van der Waals surface area (Å²) in [7, 11) is -3.45. The van der Waals surface area contributed by atoms with E-state index in [1.807, 2.05) is 0 Å². The second-order valence-corrected chi connectivity index (χ2v) is 6.51. The van der Waals surface area contributed by atoms with Gasteiger partial charge in [-0.25, -0.2) is 13.4 Å². The van der Waals surface area contributed by atoms with Gasteiger partial charge in [0.1, 0.15) is 0 Å². The molecule has 1 fully saturated rings. The molecule has 0 unspecified atom stereocenters. The van der Waals surface area contributed by atoms with Crippen molar-refractivity contribution < 1.29 is 8.42 Å². The lowest BCUT2D eigenvalue weighted by Gasteiger charge is -2.20. The van der Waals surface area contributed by atoms with E-state index in [-0.39, 0.29) is 16.6 Å². The Hall–Kier alpha value is -1.17. The van der Waals surface area contributed by atoms with Crippen molar-refractivity contribution in [1.29, 1.82) is 0 Å². The minimum atomic E-state index is -3.45. The summed E-state index contributed by atoms with van der Waals surface area (Å²) in [5, 5.41) is -0.217. The third-order valence-corrected chi connectivity index (χ3v) is 4.01. The predicted molar refractivity (Wildman–Crippen MR) is 63.8 cm³/mol. The van der Waals surface area contributed by atoms with Crippen LogP contribution in [0.25, 0.3) is 0 Å². The van der Waals surface area contributed by atoms with Gasteiger partial charge in [-0.3, -0.25) is 9.78 Å². The lowest BCUT2D eigenvalue weighted by Crippen LogP contribution is -2.18. The average molecular weight is 256 g/mol. The number of nitrogens with one attached hydrogen (secondary N) is 1. The van der Waals surface area contributed by atoms with Crippen LogP contribution in [0.1, 0.15) is 43.7 Å². The van der Waals surface area contributed by atoms with Crippen LogP contribution in [-0.4, -0.2) is 24.6 Å². The Kier molecular flexibility index (Phi) is 3.33. The summed E-state index contributed by atoms with van der Waals surface area (Å²) in [5.41, 5.74) is 0.231. The number of hydrogen-bond acceptors (Lipinski definition) is 4. The summed E-state index contributed by atoms with van der Waals surface area (Å²) >= 11 is 0. The second kappa shape index (κ2) is 4.60. The van der Waals surface area contributed by atoms with Gasteiger partial charge in [0.25, 0.3) is 5.56 Å². The fraction of sp³-hybridized carbons (Fsp3) is 0.636. The molecule has 0 bridgehead atoms. The average Bonchev–Trinajstić information content (AvgIpc) is 2.28. The molecule has 0 aromatic carbocycles. The molecule has 1 heterocycles. The third kappa shape index (κ3) is 2.94. The van der Waals surface area contributed by atoms with Crippen molar-refractivity contribution in [2.75, 3.05) is 6.26 Å². The highest BCUT2D eigenvalue weighted by atomic mass is 32.2. The van der Waals surface area contributed by atoms with E-state index < -0.39 is 9.84 Å². The Morgan fingerprint density at radius 2 is 1.94 bits per heavy atom. The van der Waals surface area contributed by atoms with Gasteiger partial charge in [0.05, 0.1) is 5.69 Å². The molecule has 0 radical (unpaired) electrons. The van der Waals surface area contributed by atoms with Crippen LogP contribution in [0.2, 0.25) is 0 Å². The summed E-state index contributed by atoms with van der Waals surface area (Å²) in [6.45, 7) is 0. The molecule has 1 N–H and O–H groups in total. The maximum atomic E-state index is 11.4. The molecular formula is C11H16N2O3S. The summed E-state index contributed by atoms with van der Waals surface area (Å²) in [4.78, 5) is 17.8. The Bertz CT molecular complexity index is 556. The minimum absolute atomic E-state index is 0.217. The van der Waals surface area contributed by atoms with E-state index in [2.05, 4.69) is 9.97 Å². The van der Waals surface area contributed by atoms with Crippen LogP contribution in [0.4, 0.5) is 0 Å². The van der Waals surface area contributed by atoms with Gasteiger partial charge in [-0.15, -0.1) is 0 Å². The van der Waals surface area contributed by atoms with Crippen molar-refractivity contribution in [1.82, 2.24) is 9.97 Å². The molecule has 2 rings (SSSR count). The maximum absolute atomic E-state index is 11.4. The monoisotopic (exact) mass is 256 g/mol. The van der Waals surface area contributed by atoms with Crippen molar-refractivity contribution in [3.8, 4) is 0 Å². The van der Waals surface area contributed by atoms with E-state index in [4.69, 9.17) is 0 Å². The summed E-state index contributed by atoms with van der Waals surface area (Å²) in [6.07, 6.45) is 6.47. The molecule has 6 heteroatoms. The van der Waals surface area contributed by atoms with Crippen molar-refractivity contribution >= 4 is 9.84 Å². The van der Waals surface area contributed by atoms with E-state index in [1.165, 1.54) is 12.5 Å². The molecule has 5 nitrogen and oxygen atoms in total. The lowest BCUT2D eigenvalue weighted by molar-refractivity contribution is 0.433. The smallest absolute Gasteiger partial charge is 0.251 e. The molecule has 1 aliphatic rings. The molecular weight excluding hydrogens is 240 g/mol. The molecule has 0 aliphatic heterocycles. The van der Waals surface area contributed by atoms with Crippen LogP contribution in [0.3, 0.4) is 0 Å². The van der Waals surface area contributed by atoms with Gasteiger partial charge in [-0.1, -0.05) is 19.3 Å². The number of rotatable bonds is 2. The SMILES string of the molecule is CS(=O)(=O)c1nc(C2CCCCC2)cc(=O)[nH]1. The number of H-pyrrole nitrogens is 1. The van der Waals surface area contributed by atoms with E-state index in [9.17, 15) is 13.2 Å². The van der Waals surface area contributed by atoms with Crippen molar-refractivity contribution in [3.05, 3.63) is 22.1 Å². The molecule has 1 saturated carbocycles. The first-order valence-corrected chi connectivity index (χ1v) is 7.67. The topological polar surface area (TPSA) is 79.9 Å². The number of aromatic amines is 1. The highest BCUT2D eigenvalue weighted by Gasteiger charge is 2.20. The quantitative estimate of drug-likeness (QED) is 0.807. The fourth-order valence-electron chi connectivity index (χ4n) is 2.24. The van der Waals surface area contributed by atoms with Crippen LogP contribution in [0.15, 0.2) is 16.0 Å². The number of aromatic nitrogens is 2. The molecule has 0 saturated heterocycles. The zero-order valence-electron chi connectivity index (χ0n) is 9.77.